The third kappa shape index (κ3) is 10.5. The lowest BCUT2D eigenvalue weighted by Crippen LogP contribution is -2.46. The number of methoxy groups -OCH3 is 2. The zero-order valence-electron chi connectivity index (χ0n) is 22.5. The van der Waals surface area contributed by atoms with Crippen molar-refractivity contribution >= 4 is 17.9 Å². The van der Waals surface area contributed by atoms with E-state index in [-0.39, 0.29) is 12.5 Å². The van der Waals surface area contributed by atoms with Crippen molar-refractivity contribution in [1.82, 2.24) is 9.62 Å². The van der Waals surface area contributed by atoms with E-state index in [0.29, 0.717) is 19.1 Å². The fraction of sp³-hybridized carbons (Fsp3) is 0.552. The minimum Gasteiger partial charge on any atom is -0.497 e. The molecule has 1 aliphatic rings. The van der Waals surface area contributed by atoms with E-state index in [1.54, 1.807) is 26.2 Å². The highest BCUT2D eigenvalue weighted by atomic mass is 32.2. The number of aliphatic hydroxyl groups is 1. The highest BCUT2D eigenvalue weighted by Gasteiger charge is 2.41. The average Bonchev–Trinajstić information content (AvgIpc) is 3.33. The molecule has 0 heterocycles. The fourth-order valence-corrected chi connectivity index (χ4v) is 5.51. The lowest BCUT2D eigenvalue weighted by Gasteiger charge is -2.29. The summed E-state index contributed by atoms with van der Waals surface area (Å²) >= 11 is 1.62. The monoisotopic (exact) mass is 516 g/mol. The van der Waals surface area contributed by atoms with Gasteiger partial charge in [0.2, 0.25) is 5.91 Å². The number of hydrogen-bond acceptors (Lipinski definition) is 6. The molecule has 1 amide bonds. The molecule has 1 fully saturated rings. The molecule has 0 bridgehead atoms. The van der Waals surface area contributed by atoms with Gasteiger partial charge in [0.25, 0.3) is 0 Å². The number of carbonyl (C=O) groups excluding carboxylic acids is 1. The molecule has 3 rings (SSSR count). The van der Waals surface area contributed by atoms with Gasteiger partial charge >= 0.3 is 0 Å². The van der Waals surface area contributed by atoms with Crippen LogP contribution in [-0.4, -0.2) is 61.9 Å². The Hall–Kier alpha value is -2.06. The van der Waals surface area contributed by atoms with Gasteiger partial charge in [-0.2, -0.15) is 0 Å². The second kappa shape index (κ2) is 15.9. The van der Waals surface area contributed by atoms with E-state index < -0.39 is 11.5 Å². The first kappa shape index (κ1) is 30.2. The molecular weight excluding hydrogens is 472 g/mol. The van der Waals surface area contributed by atoms with Crippen LogP contribution in [0.2, 0.25) is 0 Å². The van der Waals surface area contributed by atoms with Crippen molar-refractivity contribution in [2.24, 2.45) is 11.3 Å². The van der Waals surface area contributed by atoms with Gasteiger partial charge in [0, 0.05) is 31.6 Å². The number of aliphatic hydroxyl groups excluding tert-OH is 1. The minimum atomic E-state index is -0.635. The summed E-state index contributed by atoms with van der Waals surface area (Å²) in [7, 11) is 3.29. The van der Waals surface area contributed by atoms with Crippen LogP contribution >= 0.6 is 11.9 Å². The molecule has 0 radical (unpaired) electrons. The third-order valence-corrected chi connectivity index (χ3v) is 7.22. The van der Waals surface area contributed by atoms with Gasteiger partial charge in [-0.15, -0.1) is 0 Å². The second-order valence-electron chi connectivity index (χ2n) is 9.95. The highest BCUT2D eigenvalue weighted by Crippen LogP contribution is 2.38. The Labute approximate surface area is 221 Å². The normalized spacial score (nSPS) is 15.3. The van der Waals surface area contributed by atoms with Crippen molar-refractivity contribution in [2.75, 3.05) is 40.5 Å². The summed E-state index contributed by atoms with van der Waals surface area (Å²) in [4.78, 5) is 13.8. The number of nitrogens with zero attached hydrogens (tertiary/aromatic N) is 1. The number of aryl methyl sites for hydroxylation is 1. The molecule has 0 spiro atoms. The molecular formula is C29H44N2O4S. The van der Waals surface area contributed by atoms with Gasteiger partial charge in [-0.1, -0.05) is 62.6 Å². The number of carbonyl (C=O) groups is 1. The van der Waals surface area contributed by atoms with Crippen LogP contribution in [0.3, 0.4) is 0 Å². The van der Waals surface area contributed by atoms with Crippen molar-refractivity contribution in [2.45, 2.75) is 57.5 Å². The Morgan fingerprint density at radius 2 is 1.69 bits per heavy atom. The van der Waals surface area contributed by atoms with E-state index in [4.69, 9.17) is 9.47 Å². The van der Waals surface area contributed by atoms with E-state index in [1.807, 2.05) is 42.5 Å². The number of rotatable bonds is 12. The van der Waals surface area contributed by atoms with E-state index in [1.165, 1.54) is 5.56 Å². The molecule has 1 aliphatic carbocycles. The van der Waals surface area contributed by atoms with Gasteiger partial charge in [-0.25, -0.2) is 4.31 Å². The van der Waals surface area contributed by atoms with Crippen LogP contribution in [-0.2, 0) is 9.53 Å². The lowest BCUT2D eigenvalue weighted by atomic mass is 9.86. The van der Waals surface area contributed by atoms with Gasteiger partial charge < -0.3 is 19.9 Å². The van der Waals surface area contributed by atoms with Crippen molar-refractivity contribution in [3.05, 3.63) is 60.2 Å². The summed E-state index contributed by atoms with van der Waals surface area (Å²) in [6.07, 6.45) is 3.19. The Morgan fingerprint density at radius 1 is 1.06 bits per heavy atom. The molecule has 1 atom stereocenters. The van der Waals surface area contributed by atoms with Crippen LogP contribution in [0.25, 0.3) is 0 Å². The van der Waals surface area contributed by atoms with Crippen molar-refractivity contribution in [3.63, 3.8) is 0 Å². The van der Waals surface area contributed by atoms with Crippen LogP contribution in [0.15, 0.2) is 59.5 Å². The Bertz CT molecular complexity index is 871. The number of benzene rings is 2. The first-order valence-corrected chi connectivity index (χ1v) is 13.6. The summed E-state index contributed by atoms with van der Waals surface area (Å²) in [6, 6.07) is 18.2. The van der Waals surface area contributed by atoms with Crippen LogP contribution in [0.5, 0.6) is 5.75 Å². The van der Waals surface area contributed by atoms with Gasteiger partial charge in [-0.05, 0) is 61.9 Å². The summed E-state index contributed by atoms with van der Waals surface area (Å²) < 4.78 is 12.7. The van der Waals surface area contributed by atoms with Crippen LogP contribution in [0.1, 0.15) is 45.1 Å². The molecule has 1 unspecified atom stereocenters. The zero-order chi connectivity index (χ0) is 26.4. The maximum absolute atomic E-state index is 12.7. The predicted octanol–water partition coefficient (Wildman–Crippen LogP) is 5.34. The highest BCUT2D eigenvalue weighted by molar-refractivity contribution is 7.97. The molecule has 0 aliphatic heterocycles. The molecule has 2 aromatic carbocycles. The van der Waals surface area contributed by atoms with Crippen molar-refractivity contribution < 1.29 is 19.4 Å². The SMILES string of the molecule is COCC1(C(=O)NCC(O)CN(CC(C)C)Sc2ccc(OC)cc2)CCCC1.Cc1ccccc1. The maximum atomic E-state index is 12.7. The molecule has 200 valence electrons. The third-order valence-electron chi connectivity index (χ3n) is 6.18. The summed E-state index contributed by atoms with van der Waals surface area (Å²) in [6.45, 7) is 8.42. The van der Waals surface area contributed by atoms with Crippen LogP contribution < -0.4 is 10.1 Å². The number of ether oxygens (including phenoxy) is 2. The largest absolute Gasteiger partial charge is 0.497 e. The summed E-state index contributed by atoms with van der Waals surface area (Å²) in [5.74, 6) is 1.30. The smallest absolute Gasteiger partial charge is 0.228 e. The van der Waals surface area contributed by atoms with E-state index in [0.717, 1.165) is 42.9 Å². The van der Waals surface area contributed by atoms with Crippen molar-refractivity contribution in [3.8, 4) is 5.75 Å². The molecule has 2 aromatic rings. The molecule has 2 N–H and O–H groups in total. The van der Waals surface area contributed by atoms with E-state index >= 15 is 0 Å². The molecule has 7 heteroatoms. The maximum Gasteiger partial charge on any atom is 0.228 e. The van der Waals surface area contributed by atoms with E-state index in [9.17, 15) is 9.90 Å². The molecule has 6 nitrogen and oxygen atoms in total. The molecule has 0 saturated heterocycles. The summed E-state index contributed by atoms with van der Waals surface area (Å²) in [5, 5.41) is 13.5. The van der Waals surface area contributed by atoms with Gasteiger partial charge in [0.15, 0.2) is 0 Å². The number of hydrogen-bond donors (Lipinski definition) is 2. The number of nitrogens with one attached hydrogen (secondary N) is 1. The van der Waals surface area contributed by atoms with Gasteiger partial charge in [0.05, 0.1) is 25.2 Å². The first-order valence-electron chi connectivity index (χ1n) is 12.8. The fourth-order valence-electron chi connectivity index (χ4n) is 4.34. The Kier molecular flexibility index (Phi) is 13.3. The Balaban J connectivity index is 0.000000558. The molecule has 36 heavy (non-hydrogen) atoms. The lowest BCUT2D eigenvalue weighted by molar-refractivity contribution is -0.134. The molecule has 1 saturated carbocycles. The number of amides is 1. The quantitative estimate of drug-likeness (QED) is 0.371. The van der Waals surface area contributed by atoms with Crippen LogP contribution in [0.4, 0.5) is 0 Å². The standard InChI is InChI=1S/C22H36N2O4S.C7H8/c1-17(2)14-24(29-20-9-7-19(28-4)8-10-20)15-18(25)13-23-21(26)22(16-27-3)11-5-6-12-22;1-7-5-3-2-4-6-7/h7-10,17-18,25H,5-6,11-16H2,1-4H3,(H,23,26);2-6H,1H3. The zero-order valence-corrected chi connectivity index (χ0v) is 23.4. The first-order chi connectivity index (χ1) is 17.3. The topological polar surface area (TPSA) is 71.0 Å². The van der Waals surface area contributed by atoms with Crippen molar-refractivity contribution in [1.29, 1.82) is 0 Å². The van der Waals surface area contributed by atoms with Gasteiger partial charge in [0.1, 0.15) is 5.75 Å². The van der Waals surface area contributed by atoms with Crippen LogP contribution in [0, 0.1) is 18.3 Å². The van der Waals surface area contributed by atoms with E-state index in [2.05, 4.69) is 42.5 Å². The minimum absolute atomic E-state index is 0.00844. The summed E-state index contributed by atoms with van der Waals surface area (Å²) in [5.41, 5.74) is 0.895. The molecule has 0 aromatic heterocycles. The Morgan fingerprint density at radius 3 is 2.19 bits per heavy atom. The van der Waals surface area contributed by atoms with Gasteiger partial charge in [-0.3, -0.25) is 4.79 Å². The predicted molar refractivity (Wildman–Crippen MR) is 148 cm³/mol. The second-order valence-corrected chi connectivity index (χ2v) is 11.1. The average molecular weight is 517 g/mol.